The largest absolute Gasteiger partial charge is 0.465 e. The third kappa shape index (κ3) is 4.26. The number of hydrogen-bond acceptors (Lipinski definition) is 8. The Kier molecular flexibility index (Phi) is 5.57. The third-order valence-electron chi connectivity index (χ3n) is 5.06. The van der Waals surface area contributed by atoms with Crippen molar-refractivity contribution in [2.75, 3.05) is 12.4 Å². The number of anilines is 1. The highest BCUT2D eigenvalue weighted by molar-refractivity contribution is 8.00. The number of fused-ring (bicyclic) bond motifs is 1. The molecule has 2 aromatic heterocycles. The lowest BCUT2D eigenvalue weighted by Gasteiger charge is -2.15. The van der Waals surface area contributed by atoms with E-state index in [2.05, 4.69) is 15.5 Å². The van der Waals surface area contributed by atoms with Gasteiger partial charge < -0.3 is 10.1 Å². The minimum Gasteiger partial charge on any atom is -0.465 e. The molecule has 0 amide bonds. The van der Waals surface area contributed by atoms with Crippen molar-refractivity contribution in [2.45, 2.75) is 29.0 Å². The number of hydrogen-bond donors (Lipinski definition) is 1. The minimum absolute atomic E-state index is 0.388. The fourth-order valence-corrected chi connectivity index (χ4v) is 5.22. The summed E-state index contributed by atoms with van der Waals surface area (Å²) in [6.07, 6.45) is 2.38. The van der Waals surface area contributed by atoms with Crippen LogP contribution in [0.3, 0.4) is 0 Å². The molecule has 0 radical (unpaired) electrons. The van der Waals surface area contributed by atoms with Crippen molar-refractivity contribution in [2.24, 2.45) is 0 Å². The summed E-state index contributed by atoms with van der Waals surface area (Å²) in [7, 11) is 1.41. The second kappa shape index (κ2) is 8.64. The van der Waals surface area contributed by atoms with E-state index >= 15 is 0 Å². The van der Waals surface area contributed by atoms with E-state index in [0.29, 0.717) is 23.1 Å². The maximum Gasteiger partial charge on any atom is 0.340 e. The van der Waals surface area contributed by atoms with E-state index in [1.54, 1.807) is 0 Å². The molecule has 0 bridgehead atoms. The van der Waals surface area contributed by atoms with E-state index in [4.69, 9.17) is 9.72 Å². The van der Waals surface area contributed by atoms with Gasteiger partial charge in [-0.15, -0.1) is 10.2 Å². The van der Waals surface area contributed by atoms with Crippen LogP contribution in [0.25, 0.3) is 22.0 Å². The SMILES string of the molecule is COC(=O)c1c(CSc2nnc(NC3CC3)s2)nc2ccccc2c1-c1ccccc1. The topological polar surface area (TPSA) is 77.0 Å². The molecule has 0 unspecified atom stereocenters. The van der Waals surface area contributed by atoms with E-state index in [1.165, 1.54) is 43.1 Å². The van der Waals surface area contributed by atoms with Gasteiger partial charge in [0.15, 0.2) is 4.34 Å². The number of methoxy groups -OCH3 is 1. The second-order valence-electron chi connectivity index (χ2n) is 7.26. The van der Waals surface area contributed by atoms with Crippen LogP contribution >= 0.6 is 23.1 Å². The average Bonchev–Trinajstić information content (AvgIpc) is 3.52. The summed E-state index contributed by atoms with van der Waals surface area (Å²) in [5.74, 6) is 0.105. The van der Waals surface area contributed by atoms with Gasteiger partial charge in [0.2, 0.25) is 5.13 Å². The predicted octanol–water partition coefficient (Wildman–Crippen LogP) is 5.41. The van der Waals surface area contributed by atoms with E-state index < -0.39 is 0 Å². The number of esters is 1. The number of carbonyl (C=O) groups excluding carboxylic acids is 1. The third-order valence-corrected chi connectivity index (χ3v) is 7.06. The van der Waals surface area contributed by atoms with Gasteiger partial charge in [-0.05, 0) is 24.5 Å². The lowest BCUT2D eigenvalue weighted by atomic mass is 9.94. The summed E-state index contributed by atoms with van der Waals surface area (Å²) < 4.78 is 6.01. The molecule has 1 aliphatic rings. The highest BCUT2D eigenvalue weighted by atomic mass is 32.2. The van der Waals surface area contributed by atoms with Crippen LogP contribution in [-0.4, -0.2) is 34.3 Å². The molecule has 4 aromatic rings. The maximum absolute atomic E-state index is 12.9. The number of nitrogens with zero attached hydrogens (tertiary/aromatic N) is 3. The van der Waals surface area contributed by atoms with Gasteiger partial charge in [-0.2, -0.15) is 0 Å². The first kappa shape index (κ1) is 20.0. The Labute approximate surface area is 188 Å². The average molecular weight is 449 g/mol. The molecular weight excluding hydrogens is 428 g/mol. The number of thioether (sulfide) groups is 1. The Morgan fingerprint density at radius 2 is 1.90 bits per heavy atom. The molecule has 0 atom stereocenters. The molecule has 1 saturated carbocycles. The van der Waals surface area contributed by atoms with Crippen molar-refractivity contribution in [1.29, 1.82) is 0 Å². The van der Waals surface area contributed by atoms with Gasteiger partial charge in [-0.3, -0.25) is 4.98 Å². The number of aromatic nitrogens is 3. The molecule has 156 valence electrons. The number of nitrogens with one attached hydrogen (secondary N) is 1. The molecule has 0 aliphatic heterocycles. The number of carbonyl (C=O) groups is 1. The van der Waals surface area contributed by atoms with Crippen molar-refractivity contribution >= 4 is 45.1 Å². The van der Waals surface area contributed by atoms with Crippen LogP contribution in [0.15, 0.2) is 58.9 Å². The van der Waals surface area contributed by atoms with Gasteiger partial charge in [0.05, 0.1) is 23.9 Å². The Morgan fingerprint density at radius 1 is 1.13 bits per heavy atom. The number of ether oxygens (including phenoxy) is 1. The lowest BCUT2D eigenvalue weighted by Crippen LogP contribution is -2.10. The quantitative estimate of drug-likeness (QED) is 0.299. The number of para-hydroxylation sites is 1. The first-order chi connectivity index (χ1) is 15.2. The molecule has 1 fully saturated rings. The zero-order chi connectivity index (χ0) is 21.2. The van der Waals surface area contributed by atoms with Crippen molar-refractivity contribution < 1.29 is 9.53 Å². The summed E-state index contributed by atoms with van der Waals surface area (Å²) in [5, 5.41) is 13.6. The molecule has 8 heteroatoms. The summed E-state index contributed by atoms with van der Waals surface area (Å²) >= 11 is 3.06. The van der Waals surface area contributed by atoms with Gasteiger partial charge in [0, 0.05) is 22.7 Å². The predicted molar refractivity (Wildman–Crippen MR) is 125 cm³/mol. The van der Waals surface area contributed by atoms with Crippen LogP contribution in [0.4, 0.5) is 5.13 Å². The molecule has 5 rings (SSSR count). The van der Waals surface area contributed by atoms with E-state index in [9.17, 15) is 4.79 Å². The van der Waals surface area contributed by atoms with Crippen LogP contribution in [-0.2, 0) is 10.5 Å². The first-order valence-corrected chi connectivity index (χ1v) is 11.8. The number of benzene rings is 2. The van der Waals surface area contributed by atoms with Crippen LogP contribution in [0, 0.1) is 0 Å². The molecule has 2 heterocycles. The van der Waals surface area contributed by atoms with Gasteiger partial charge in [-0.1, -0.05) is 71.6 Å². The minimum atomic E-state index is -0.388. The monoisotopic (exact) mass is 448 g/mol. The van der Waals surface area contributed by atoms with Crippen molar-refractivity contribution in [3.05, 3.63) is 65.9 Å². The fraction of sp³-hybridized carbons (Fsp3) is 0.217. The molecule has 6 nitrogen and oxygen atoms in total. The van der Waals surface area contributed by atoms with Gasteiger partial charge in [0.1, 0.15) is 0 Å². The van der Waals surface area contributed by atoms with Gasteiger partial charge in [-0.25, -0.2) is 4.79 Å². The van der Waals surface area contributed by atoms with Gasteiger partial charge in [0.25, 0.3) is 0 Å². The van der Waals surface area contributed by atoms with Crippen LogP contribution in [0.2, 0.25) is 0 Å². The lowest BCUT2D eigenvalue weighted by molar-refractivity contribution is 0.0600. The van der Waals surface area contributed by atoms with Crippen molar-refractivity contribution in [1.82, 2.24) is 15.2 Å². The first-order valence-electron chi connectivity index (χ1n) is 10.0. The normalized spacial score (nSPS) is 13.3. The van der Waals surface area contributed by atoms with Crippen LogP contribution in [0.1, 0.15) is 28.9 Å². The van der Waals surface area contributed by atoms with Gasteiger partial charge >= 0.3 is 5.97 Å². The standard InChI is InChI=1S/C23H20N4O2S2/c1-29-21(28)20-18(13-30-23-27-26-22(31-23)24-15-11-12-15)25-17-10-6-5-9-16(17)19(20)14-7-3-2-4-8-14/h2-10,15H,11-13H2,1H3,(H,24,26). The van der Waals surface area contributed by atoms with Crippen molar-refractivity contribution in [3.8, 4) is 11.1 Å². The summed E-state index contributed by atoms with van der Waals surface area (Å²) in [5.41, 5.74) is 3.83. The van der Waals surface area contributed by atoms with Crippen LogP contribution in [0.5, 0.6) is 0 Å². The molecule has 1 N–H and O–H groups in total. The Hall–Kier alpha value is -2.97. The molecule has 2 aromatic carbocycles. The summed E-state index contributed by atoms with van der Waals surface area (Å²) in [6, 6.07) is 18.3. The Balaban J connectivity index is 1.56. The zero-order valence-electron chi connectivity index (χ0n) is 16.9. The summed E-state index contributed by atoms with van der Waals surface area (Å²) in [6.45, 7) is 0. The summed E-state index contributed by atoms with van der Waals surface area (Å²) in [4.78, 5) is 17.7. The second-order valence-corrected chi connectivity index (χ2v) is 9.46. The maximum atomic E-state index is 12.9. The Morgan fingerprint density at radius 3 is 2.68 bits per heavy atom. The zero-order valence-corrected chi connectivity index (χ0v) is 18.5. The van der Waals surface area contributed by atoms with E-state index in [0.717, 1.165) is 31.5 Å². The van der Waals surface area contributed by atoms with Crippen LogP contribution < -0.4 is 5.32 Å². The molecule has 0 saturated heterocycles. The highest BCUT2D eigenvalue weighted by Crippen LogP contribution is 2.37. The molecule has 1 aliphatic carbocycles. The number of pyridine rings is 1. The fourth-order valence-electron chi connectivity index (χ4n) is 3.45. The van der Waals surface area contributed by atoms with E-state index in [1.807, 2.05) is 54.6 Å². The smallest absolute Gasteiger partial charge is 0.340 e. The molecule has 0 spiro atoms. The highest BCUT2D eigenvalue weighted by Gasteiger charge is 2.24. The molecule has 31 heavy (non-hydrogen) atoms. The Bertz CT molecular complexity index is 1240. The van der Waals surface area contributed by atoms with Crippen molar-refractivity contribution in [3.63, 3.8) is 0 Å². The molecular formula is C23H20N4O2S2. The number of rotatable bonds is 7. The van der Waals surface area contributed by atoms with E-state index in [-0.39, 0.29) is 5.97 Å².